The summed E-state index contributed by atoms with van der Waals surface area (Å²) in [4.78, 5) is 10.4. The summed E-state index contributed by atoms with van der Waals surface area (Å²) in [5, 5.41) is 10.7. The number of ether oxygens (including phenoxy) is 2. The van der Waals surface area contributed by atoms with Crippen LogP contribution >= 0.6 is 0 Å². The Bertz CT molecular complexity index is 211. The van der Waals surface area contributed by atoms with Crippen LogP contribution in [0.15, 0.2) is 0 Å². The van der Waals surface area contributed by atoms with E-state index in [4.69, 9.17) is 9.47 Å². The molecule has 0 amide bonds. The highest BCUT2D eigenvalue weighted by Crippen LogP contribution is 2.25. The van der Waals surface area contributed by atoms with Gasteiger partial charge < -0.3 is 9.47 Å². The third-order valence-corrected chi connectivity index (χ3v) is 2.43. The Balaban J connectivity index is 2.46. The number of rotatable bonds is 4. The summed E-state index contributed by atoms with van der Waals surface area (Å²) in [6, 6.07) is 0. The summed E-state index contributed by atoms with van der Waals surface area (Å²) in [5.41, 5.74) is -0.908. The van der Waals surface area contributed by atoms with Crippen molar-refractivity contribution in [3.8, 4) is 0 Å². The first-order valence-electron chi connectivity index (χ1n) is 4.81. The lowest BCUT2D eigenvalue weighted by atomic mass is 9.92. The van der Waals surface area contributed by atoms with Crippen LogP contribution in [-0.4, -0.2) is 30.0 Å². The van der Waals surface area contributed by atoms with Crippen molar-refractivity contribution in [3.63, 3.8) is 0 Å². The quantitative estimate of drug-likeness (QED) is 0.512. The first-order chi connectivity index (χ1) is 6.43. The van der Waals surface area contributed by atoms with Gasteiger partial charge in [-0.2, -0.15) is 0 Å². The smallest absolute Gasteiger partial charge is 0.217 e. The van der Waals surface area contributed by atoms with Crippen LogP contribution in [0.3, 0.4) is 0 Å². The van der Waals surface area contributed by atoms with Gasteiger partial charge in [0, 0.05) is 31.1 Å². The molecule has 82 valence electrons. The molecule has 1 saturated heterocycles. The van der Waals surface area contributed by atoms with E-state index in [1.54, 1.807) is 13.8 Å². The van der Waals surface area contributed by atoms with Crippen molar-refractivity contribution >= 4 is 0 Å². The first-order valence-corrected chi connectivity index (χ1v) is 4.81. The molecule has 1 aliphatic heterocycles. The highest BCUT2D eigenvalue weighted by atomic mass is 16.7. The van der Waals surface area contributed by atoms with Crippen molar-refractivity contribution < 1.29 is 14.4 Å². The molecule has 1 rings (SSSR count). The van der Waals surface area contributed by atoms with Gasteiger partial charge in [-0.15, -0.1) is 0 Å². The second kappa shape index (κ2) is 4.23. The van der Waals surface area contributed by atoms with Gasteiger partial charge in [0.15, 0.2) is 6.29 Å². The Morgan fingerprint density at radius 3 is 2.43 bits per heavy atom. The Morgan fingerprint density at radius 1 is 1.50 bits per heavy atom. The SMILES string of the molecule is CC(CC(C)(C)[N+](=O)[O-])C1OCCO1. The largest absolute Gasteiger partial charge is 0.350 e. The maximum absolute atomic E-state index is 10.7. The normalized spacial score (nSPS) is 21.1. The van der Waals surface area contributed by atoms with Crippen molar-refractivity contribution in [2.75, 3.05) is 13.2 Å². The molecule has 0 bridgehead atoms. The lowest BCUT2D eigenvalue weighted by Gasteiger charge is -2.23. The average Bonchev–Trinajstić information content (AvgIpc) is 2.54. The minimum Gasteiger partial charge on any atom is -0.350 e. The third kappa shape index (κ3) is 2.65. The van der Waals surface area contributed by atoms with E-state index in [-0.39, 0.29) is 17.1 Å². The highest BCUT2D eigenvalue weighted by Gasteiger charge is 2.36. The molecule has 1 atom stereocenters. The molecule has 0 aromatic carbocycles. The summed E-state index contributed by atoms with van der Waals surface area (Å²) >= 11 is 0. The molecule has 14 heavy (non-hydrogen) atoms. The summed E-state index contributed by atoms with van der Waals surface area (Å²) < 4.78 is 10.6. The second-order valence-electron chi connectivity index (χ2n) is 4.36. The Kier molecular flexibility index (Phi) is 3.44. The van der Waals surface area contributed by atoms with E-state index in [0.717, 1.165) is 0 Å². The lowest BCUT2D eigenvalue weighted by Crippen LogP contribution is -2.36. The summed E-state index contributed by atoms with van der Waals surface area (Å²) in [6.07, 6.45) is 0.194. The number of hydrogen-bond acceptors (Lipinski definition) is 4. The molecule has 1 aliphatic rings. The van der Waals surface area contributed by atoms with Crippen LogP contribution < -0.4 is 0 Å². The van der Waals surface area contributed by atoms with E-state index in [9.17, 15) is 10.1 Å². The van der Waals surface area contributed by atoms with Crippen LogP contribution in [0.1, 0.15) is 27.2 Å². The van der Waals surface area contributed by atoms with Crippen molar-refractivity contribution in [2.24, 2.45) is 5.92 Å². The average molecular weight is 203 g/mol. The molecule has 0 saturated carbocycles. The summed E-state index contributed by atoms with van der Waals surface area (Å²) in [7, 11) is 0. The van der Waals surface area contributed by atoms with Gasteiger partial charge in [0.2, 0.25) is 5.54 Å². The maximum Gasteiger partial charge on any atom is 0.217 e. The molecule has 0 spiro atoms. The molecule has 0 aliphatic carbocycles. The van der Waals surface area contributed by atoms with Crippen LogP contribution in [0.4, 0.5) is 0 Å². The fourth-order valence-corrected chi connectivity index (χ4v) is 1.66. The van der Waals surface area contributed by atoms with Crippen LogP contribution in [0.5, 0.6) is 0 Å². The number of nitrogens with zero attached hydrogens (tertiary/aromatic N) is 1. The van der Waals surface area contributed by atoms with E-state index in [2.05, 4.69) is 0 Å². The predicted molar refractivity (Wildman–Crippen MR) is 50.5 cm³/mol. The monoisotopic (exact) mass is 203 g/mol. The zero-order valence-electron chi connectivity index (χ0n) is 8.86. The van der Waals surface area contributed by atoms with E-state index in [1.165, 1.54) is 0 Å². The van der Waals surface area contributed by atoms with E-state index < -0.39 is 5.54 Å². The molecule has 0 aromatic heterocycles. The third-order valence-electron chi connectivity index (χ3n) is 2.43. The van der Waals surface area contributed by atoms with E-state index in [0.29, 0.717) is 19.6 Å². The van der Waals surface area contributed by atoms with Gasteiger partial charge in [0.05, 0.1) is 13.2 Å². The van der Waals surface area contributed by atoms with Gasteiger partial charge in [0.25, 0.3) is 0 Å². The summed E-state index contributed by atoms with van der Waals surface area (Å²) in [6.45, 7) is 6.35. The Morgan fingerprint density at radius 2 is 2.00 bits per heavy atom. The van der Waals surface area contributed by atoms with Gasteiger partial charge in [-0.1, -0.05) is 6.92 Å². The fraction of sp³-hybridized carbons (Fsp3) is 1.00. The Hall–Kier alpha value is -0.680. The predicted octanol–water partition coefficient (Wildman–Crippen LogP) is 1.44. The molecular weight excluding hydrogens is 186 g/mol. The lowest BCUT2D eigenvalue weighted by molar-refractivity contribution is -0.563. The Labute approximate surface area is 83.5 Å². The van der Waals surface area contributed by atoms with Crippen molar-refractivity contribution in [2.45, 2.75) is 39.0 Å². The molecule has 0 aromatic rings. The number of nitro groups is 1. The molecule has 1 fully saturated rings. The van der Waals surface area contributed by atoms with Gasteiger partial charge in [-0.25, -0.2) is 0 Å². The van der Waals surface area contributed by atoms with Crippen LogP contribution in [0, 0.1) is 16.0 Å². The molecule has 1 unspecified atom stereocenters. The van der Waals surface area contributed by atoms with Gasteiger partial charge in [-0.3, -0.25) is 10.1 Å². The molecule has 5 heteroatoms. The van der Waals surface area contributed by atoms with Crippen LogP contribution in [0.25, 0.3) is 0 Å². The van der Waals surface area contributed by atoms with Gasteiger partial charge >= 0.3 is 0 Å². The topological polar surface area (TPSA) is 61.6 Å². The molecule has 0 N–H and O–H groups in total. The van der Waals surface area contributed by atoms with Crippen molar-refractivity contribution in [3.05, 3.63) is 10.1 Å². The fourth-order valence-electron chi connectivity index (χ4n) is 1.66. The zero-order chi connectivity index (χ0) is 10.8. The molecule has 1 heterocycles. The standard InChI is InChI=1S/C9H17NO4/c1-7(8-13-4-5-14-8)6-9(2,3)10(11)12/h7-8H,4-6H2,1-3H3. The van der Waals surface area contributed by atoms with Gasteiger partial charge in [-0.05, 0) is 0 Å². The zero-order valence-corrected chi connectivity index (χ0v) is 8.86. The second-order valence-corrected chi connectivity index (χ2v) is 4.36. The van der Waals surface area contributed by atoms with Crippen LogP contribution in [0.2, 0.25) is 0 Å². The molecule has 0 radical (unpaired) electrons. The van der Waals surface area contributed by atoms with E-state index in [1.807, 2.05) is 6.92 Å². The molecular formula is C9H17NO4. The van der Waals surface area contributed by atoms with E-state index >= 15 is 0 Å². The first kappa shape index (κ1) is 11.4. The minimum absolute atomic E-state index is 0.0536. The van der Waals surface area contributed by atoms with Gasteiger partial charge in [0.1, 0.15) is 0 Å². The number of hydrogen-bond donors (Lipinski definition) is 0. The maximum atomic E-state index is 10.7. The van der Waals surface area contributed by atoms with Crippen molar-refractivity contribution in [1.29, 1.82) is 0 Å². The highest BCUT2D eigenvalue weighted by molar-refractivity contribution is 4.73. The molecule has 5 nitrogen and oxygen atoms in total. The van der Waals surface area contributed by atoms with Crippen LogP contribution in [-0.2, 0) is 9.47 Å². The summed E-state index contributed by atoms with van der Waals surface area (Å²) in [5.74, 6) is 0.0536. The minimum atomic E-state index is -0.908. The van der Waals surface area contributed by atoms with Crippen molar-refractivity contribution in [1.82, 2.24) is 0 Å².